The Labute approximate surface area is 68.1 Å². The van der Waals surface area contributed by atoms with Crippen molar-refractivity contribution in [2.75, 3.05) is 0 Å². The Balaban J connectivity index is 2.89. The molecule has 2 aromatic heterocycles. The lowest BCUT2D eigenvalue weighted by Gasteiger charge is -1.83. The fraction of sp³-hybridized carbons (Fsp3) is 0. The quantitative estimate of drug-likeness (QED) is 0.548. The number of hydrogen-bond donors (Lipinski definition) is 0. The van der Waals surface area contributed by atoms with Crippen LogP contribution in [0.1, 0.15) is 5.69 Å². The summed E-state index contributed by atoms with van der Waals surface area (Å²) in [6, 6.07) is 1.88. The van der Waals surface area contributed by atoms with E-state index in [9.17, 15) is 0 Å². The number of aromatic nitrogens is 2. The maximum Gasteiger partial charge on any atom is 0.134 e. The van der Waals surface area contributed by atoms with Gasteiger partial charge in [-0.15, -0.1) is 6.42 Å². The first kappa shape index (κ1) is 6.32. The molecule has 0 atom stereocenters. The molecule has 0 unspecified atom stereocenters. The summed E-state index contributed by atoms with van der Waals surface area (Å²) in [6.07, 6.45) is 8.73. The van der Waals surface area contributed by atoms with Gasteiger partial charge in [-0.1, -0.05) is 0 Å². The van der Waals surface area contributed by atoms with Crippen LogP contribution in [0.5, 0.6) is 0 Å². The van der Waals surface area contributed by atoms with Gasteiger partial charge in [0.05, 0.1) is 4.70 Å². The lowest BCUT2D eigenvalue weighted by Crippen LogP contribution is -1.72. The van der Waals surface area contributed by atoms with E-state index in [1.807, 2.05) is 6.07 Å². The van der Waals surface area contributed by atoms with Crippen molar-refractivity contribution in [3.8, 4) is 12.3 Å². The maximum absolute atomic E-state index is 5.23. The summed E-state index contributed by atoms with van der Waals surface area (Å²) in [5.74, 6) is 2.52. The van der Waals surface area contributed by atoms with E-state index in [1.165, 1.54) is 11.5 Å². The zero-order valence-corrected chi connectivity index (χ0v) is 6.43. The Bertz CT molecular complexity index is 425. The number of hydrogen-bond acceptors (Lipinski definition) is 3. The van der Waals surface area contributed by atoms with Crippen molar-refractivity contribution in [1.29, 1.82) is 0 Å². The van der Waals surface area contributed by atoms with Crippen LogP contribution in [0, 0.1) is 12.3 Å². The Morgan fingerprint density at radius 3 is 3.27 bits per heavy atom. The third kappa shape index (κ3) is 0.883. The van der Waals surface area contributed by atoms with E-state index in [0.29, 0.717) is 5.69 Å². The first-order chi connectivity index (χ1) is 5.42. The molecular weight excluding hydrogens is 156 g/mol. The van der Waals surface area contributed by atoms with Gasteiger partial charge in [0, 0.05) is 17.8 Å². The third-order valence-corrected chi connectivity index (χ3v) is 2.21. The smallest absolute Gasteiger partial charge is 0.134 e. The van der Waals surface area contributed by atoms with E-state index >= 15 is 0 Å². The number of rotatable bonds is 0. The average Bonchev–Trinajstić information content (AvgIpc) is 2.47. The van der Waals surface area contributed by atoms with Crippen LogP contribution < -0.4 is 0 Å². The van der Waals surface area contributed by atoms with Crippen LogP contribution in [0.4, 0.5) is 0 Å². The molecule has 11 heavy (non-hydrogen) atoms. The molecule has 0 bridgehead atoms. The number of terminal acetylenes is 1. The first-order valence-electron chi connectivity index (χ1n) is 3.08. The standard InChI is InChI=1S/C8H4N2S/c1-2-7-6-3-4-9-5-8(6)11-10-7/h1,3-5H. The van der Waals surface area contributed by atoms with Crippen LogP contribution in [0.15, 0.2) is 18.5 Å². The van der Waals surface area contributed by atoms with E-state index in [1.54, 1.807) is 12.4 Å². The largest absolute Gasteiger partial charge is 0.263 e. The second-order valence-electron chi connectivity index (χ2n) is 2.05. The van der Waals surface area contributed by atoms with E-state index in [0.717, 1.165) is 10.1 Å². The van der Waals surface area contributed by atoms with Crippen LogP contribution in [0.25, 0.3) is 10.1 Å². The molecule has 0 aromatic carbocycles. The molecule has 0 radical (unpaired) electrons. The van der Waals surface area contributed by atoms with Crippen LogP contribution >= 0.6 is 11.5 Å². The molecule has 0 aliphatic heterocycles. The highest BCUT2D eigenvalue weighted by molar-refractivity contribution is 7.13. The number of fused-ring (bicyclic) bond motifs is 1. The summed E-state index contributed by atoms with van der Waals surface area (Å²) in [6.45, 7) is 0. The van der Waals surface area contributed by atoms with E-state index < -0.39 is 0 Å². The summed E-state index contributed by atoms with van der Waals surface area (Å²) < 4.78 is 5.12. The predicted molar refractivity (Wildman–Crippen MR) is 45.4 cm³/mol. The lowest BCUT2D eigenvalue weighted by molar-refractivity contribution is 1.37. The molecular formula is C8H4N2S. The normalized spacial score (nSPS) is 9.73. The van der Waals surface area contributed by atoms with E-state index in [4.69, 9.17) is 6.42 Å². The molecule has 0 saturated carbocycles. The van der Waals surface area contributed by atoms with Crippen LogP contribution in [-0.4, -0.2) is 9.36 Å². The van der Waals surface area contributed by atoms with Crippen molar-refractivity contribution in [3.63, 3.8) is 0 Å². The molecule has 52 valence electrons. The molecule has 0 fully saturated rings. The van der Waals surface area contributed by atoms with Crippen molar-refractivity contribution < 1.29 is 0 Å². The van der Waals surface area contributed by atoms with Crippen molar-refractivity contribution in [3.05, 3.63) is 24.2 Å². The first-order valence-corrected chi connectivity index (χ1v) is 3.85. The topological polar surface area (TPSA) is 25.8 Å². The van der Waals surface area contributed by atoms with Gasteiger partial charge in [-0.05, 0) is 23.5 Å². The highest BCUT2D eigenvalue weighted by Gasteiger charge is 2.00. The fourth-order valence-corrected chi connectivity index (χ4v) is 1.61. The summed E-state index contributed by atoms with van der Waals surface area (Å²) in [7, 11) is 0. The van der Waals surface area contributed by atoms with Gasteiger partial charge in [0.2, 0.25) is 0 Å². The van der Waals surface area contributed by atoms with Gasteiger partial charge in [0.1, 0.15) is 5.69 Å². The van der Waals surface area contributed by atoms with E-state index in [2.05, 4.69) is 15.3 Å². The molecule has 0 amide bonds. The molecule has 0 aliphatic rings. The molecule has 0 aliphatic carbocycles. The molecule has 0 saturated heterocycles. The summed E-state index contributed by atoms with van der Waals surface area (Å²) in [4.78, 5) is 3.96. The molecule has 2 nitrogen and oxygen atoms in total. The van der Waals surface area contributed by atoms with Gasteiger partial charge in [-0.25, -0.2) is 0 Å². The Hall–Kier alpha value is -1.40. The van der Waals surface area contributed by atoms with Crippen molar-refractivity contribution >= 4 is 21.6 Å². The van der Waals surface area contributed by atoms with Gasteiger partial charge in [-0.2, -0.15) is 4.37 Å². The van der Waals surface area contributed by atoms with Crippen LogP contribution in [0.3, 0.4) is 0 Å². The second-order valence-corrected chi connectivity index (χ2v) is 2.85. The van der Waals surface area contributed by atoms with Crippen molar-refractivity contribution in [1.82, 2.24) is 9.36 Å². The van der Waals surface area contributed by atoms with Crippen molar-refractivity contribution in [2.24, 2.45) is 0 Å². The minimum atomic E-state index is 0.715. The fourth-order valence-electron chi connectivity index (χ4n) is 0.896. The van der Waals surface area contributed by atoms with Gasteiger partial charge >= 0.3 is 0 Å². The molecule has 0 spiro atoms. The summed E-state index contributed by atoms with van der Waals surface area (Å²) in [5, 5.41) is 1.02. The van der Waals surface area contributed by atoms with Gasteiger partial charge < -0.3 is 0 Å². The highest BCUT2D eigenvalue weighted by Crippen LogP contribution is 2.19. The summed E-state index contributed by atoms with van der Waals surface area (Å²) in [5.41, 5.74) is 0.715. The third-order valence-electron chi connectivity index (χ3n) is 1.41. The average molecular weight is 160 g/mol. The molecule has 2 rings (SSSR count). The number of nitrogens with zero attached hydrogens (tertiary/aromatic N) is 2. The minimum Gasteiger partial charge on any atom is -0.263 e. The Morgan fingerprint density at radius 1 is 1.55 bits per heavy atom. The second kappa shape index (κ2) is 2.33. The highest BCUT2D eigenvalue weighted by atomic mass is 32.1. The SMILES string of the molecule is C#Cc1nsc2cnccc12. The van der Waals surface area contributed by atoms with E-state index in [-0.39, 0.29) is 0 Å². The number of pyridine rings is 1. The van der Waals surface area contributed by atoms with Crippen molar-refractivity contribution in [2.45, 2.75) is 0 Å². The van der Waals surface area contributed by atoms with Gasteiger partial charge in [-0.3, -0.25) is 4.98 Å². The summed E-state index contributed by atoms with van der Waals surface area (Å²) >= 11 is 1.38. The van der Waals surface area contributed by atoms with Gasteiger partial charge in [0.25, 0.3) is 0 Å². The minimum absolute atomic E-state index is 0.715. The molecule has 3 heteroatoms. The zero-order chi connectivity index (χ0) is 7.68. The lowest BCUT2D eigenvalue weighted by atomic mass is 10.3. The molecule has 2 heterocycles. The van der Waals surface area contributed by atoms with Crippen LogP contribution in [-0.2, 0) is 0 Å². The Morgan fingerprint density at radius 2 is 2.45 bits per heavy atom. The monoisotopic (exact) mass is 160 g/mol. The maximum atomic E-state index is 5.23. The zero-order valence-electron chi connectivity index (χ0n) is 5.61. The molecule has 0 N–H and O–H groups in total. The van der Waals surface area contributed by atoms with Crippen LogP contribution in [0.2, 0.25) is 0 Å². The van der Waals surface area contributed by atoms with Gasteiger partial charge in [0.15, 0.2) is 0 Å². The molecule has 2 aromatic rings. The Kier molecular flexibility index (Phi) is 1.34. The predicted octanol–water partition coefficient (Wildman–Crippen LogP) is 1.67.